The summed E-state index contributed by atoms with van der Waals surface area (Å²) in [5.41, 5.74) is 2.26. The maximum absolute atomic E-state index is 9.72. The number of aliphatic hydroxyl groups is 1. The molecular weight excluding hydrogens is 238 g/mol. The lowest BCUT2D eigenvalue weighted by atomic mass is 9.74. The van der Waals surface area contributed by atoms with Crippen LogP contribution in [0.15, 0.2) is 18.2 Å². The van der Waals surface area contributed by atoms with Gasteiger partial charge >= 0.3 is 0 Å². The first-order valence-corrected chi connectivity index (χ1v) is 7.18. The molecule has 0 aromatic heterocycles. The quantitative estimate of drug-likeness (QED) is 0.856. The van der Waals surface area contributed by atoms with E-state index in [9.17, 15) is 5.11 Å². The summed E-state index contributed by atoms with van der Waals surface area (Å²) >= 11 is 0. The van der Waals surface area contributed by atoms with E-state index in [1.807, 2.05) is 6.07 Å². The number of anilines is 1. The van der Waals surface area contributed by atoms with Crippen molar-refractivity contribution in [2.45, 2.75) is 39.0 Å². The van der Waals surface area contributed by atoms with Crippen LogP contribution in [0.2, 0.25) is 0 Å². The highest BCUT2D eigenvalue weighted by molar-refractivity contribution is 5.57. The van der Waals surface area contributed by atoms with Gasteiger partial charge in [-0.1, -0.05) is 25.3 Å². The monoisotopic (exact) mass is 263 g/mol. The highest BCUT2D eigenvalue weighted by Gasteiger charge is 2.31. The molecule has 106 valence electrons. The van der Waals surface area contributed by atoms with E-state index in [0.29, 0.717) is 0 Å². The summed E-state index contributed by atoms with van der Waals surface area (Å²) in [6.07, 6.45) is 5.99. The van der Waals surface area contributed by atoms with Gasteiger partial charge in [0.1, 0.15) is 5.75 Å². The van der Waals surface area contributed by atoms with Gasteiger partial charge in [-0.2, -0.15) is 0 Å². The minimum absolute atomic E-state index is 0.0497. The van der Waals surface area contributed by atoms with E-state index in [1.165, 1.54) is 24.8 Å². The van der Waals surface area contributed by atoms with E-state index in [-0.39, 0.29) is 12.0 Å². The molecule has 3 nitrogen and oxygen atoms in total. The molecule has 0 radical (unpaired) electrons. The first-order chi connectivity index (χ1) is 9.19. The zero-order valence-electron chi connectivity index (χ0n) is 12.0. The Balaban J connectivity index is 2.04. The van der Waals surface area contributed by atoms with Crippen LogP contribution in [0.4, 0.5) is 5.69 Å². The third-order valence-corrected chi connectivity index (χ3v) is 4.26. The van der Waals surface area contributed by atoms with Crippen LogP contribution in [-0.4, -0.2) is 25.4 Å². The number of aryl methyl sites for hydroxylation is 1. The Labute approximate surface area is 116 Å². The molecule has 0 unspecified atom stereocenters. The summed E-state index contributed by atoms with van der Waals surface area (Å²) in [5, 5.41) is 13.2. The van der Waals surface area contributed by atoms with Crippen molar-refractivity contribution in [1.82, 2.24) is 0 Å². The molecule has 1 aliphatic rings. The van der Waals surface area contributed by atoms with Gasteiger partial charge in [-0.05, 0) is 37.5 Å². The van der Waals surface area contributed by atoms with Crippen molar-refractivity contribution in [3.8, 4) is 5.75 Å². The van der Waals surface area contributed by atoms with Gasteiger partial charge in [0.25, 0.3) is 0 Å². The van der Waals surface area contributed by atoms with Crippen molar-refractivity contribution in [2.75, 3.05) is 25.6 Å². The van der Waals surface area contributed by atoms with E-state index < -0.39 is 0 Å². The molecule has 19 heavy (non-hydrogen) atoms. The third kappa shape index (κ3) is 3.41. The normalized spacial score (nSPS) is 18.1. The third-order valence-electron chi connectivity index (χ3n) is 4.26. The predicted octanol–water partition coefficient (Wildman–Crippen LogP) is 3.36. The first kappa shape index (κ1) is 14.2. The van der Waals surface area contributed by atoms with Crippen LogP contribution < -0.4 is 10.1 Å². The van der Waals surface area contributed by atoms with Crippen LogP contribution in [0.1, 0.15) is 37.7 Å². The van der Waals surface area contributed by atoms with Crippen molar-refractivity contribution in [3.05, 3.63) is 23.8 Å². The minimum atomic E-state index is 0.0497. The molecule has 1 aromatic rings. The molecule has 0 bridgehead atoms. The molecule has 3 heteroatoms. The smallest absolute Gasteiger partial charge is 0.142 e. The average Bonchev–Trinajstić information content (AvgIpc) is 2.47. The highest BCUT2D eigenvalue weighted by atomic mass is 16.5. The molecule has 0 atom stereocenters. The Morgan fingerprint density at radius 3 is 2.63 bits per heavy atom. The predicted molar refractivity (Wildman–Crippen MR) is 78.8 cm³/mol. The van der Waals surface area contributed by atoms with Crippen molar-refractivity contribution >= 4 is 5.69 Å². The molecule has 0 aliphatic heterocycles. The summed E-state index contributed by atoms with van der Waals surface area (Å²) in [6.45, 7) is 3.15. The van der Waals surface area contributed by atoms with Crippen molar-refractivity contribution in [3.63, 3.8) is 0 Å². The lowest BCUT2D eigenvalue weighted by Crippen LogP contribution is -2.35. The number of nitrogens with one attached hydrogen (secondary N) is 1. The number of hydrogen-bond donors (Lipinski definition) is 2. The Kier molecular flexibility index (Phi) is 4.70. The van der Waals surface area contributed by atoms with Crippen molar-refractivity contribution in [1.29, 1.82) is 0 Å². The van der Waals surface area contributed by atoms with E-state index in [1.54, 1.807) is 7.11 Å². The summed E-state index contributed by atoms with van der Waals surface area (Å²) in [6, 6.07) is 6.17. The number of hydrogen-bond acceptors (Lipinski definition) is 3. The fourth-order valence-corrected chi connectivity index (χ4v) is 2.92. The molecule has 0 saturated heterocycles. The molecule has 2 rings (SSSR count). The summed E-state index contributed by atoms with van der Waals surface area (Å²) in [5.74, 6) is 0.879. The summed E-state index contributed by atoms with van der Waals surface area (Å²) in [7, 11) is 1.70. The molecule has 0 spiro atoms. The van der Waals surface area contributed by atoms with Gasteiger partial charge in [-0.15, -0.1) is 0 Å². The van der Waals surface area contributed by atoms with Gasteiger partial charge in [-0.3, -0.25) is 0 Å². The number of rotatable bonds is 5. The molecule has 1 aromatic carbocycles. The minimum Gasteiger partial charge on any atom is -0.495 e. The fourth-order valence-electron chi connectivity index (χ4n) is 2.92. The zero-order valence-corrected chi connectivity index (χ0v) is 12.0. The Bertz CT molecular complexity index is 411. The van der Waals surface area contributed by atoms with Gasteiger partial charge < -0.3 is 15.2 Å². The van der Waals surface area contributed by atoms with E-state index in [2.05, 4.69) is 24.4 Å². The largest absolute Gasteiger partial charge is 0.495 e. The van der Waals surface area contributed by atoms with Gasteiger partial charge in [-0.25, -0.2) is 0 Å². The number of benzene rings is 1. The molecule has 0 heterocycles. The standard InChI is InChI=1S/C16H25NO2/c1-13-6-7-14(15(10-13)19-2)17-11-16(12-18)8-4-3-5-9-16/h6-7,10,17-18H,3-5,8-9,11-12H2,1-2H3. The molecule has 1 aliphatic carbocycles. The molecule has 1 saturated carbocycles. The van der Waals surface area contributed by atoms with Crippen LogP contribution in [0, 0.1) is 12.3 Å². The number of methoxy groups -OCH3 is 1. The molecular formula is C16H25NO2. The molecule has 2 N–H and O–H groups in total. The number of aliphatic hydroxyl groups excluding tert-OH is 1. The lowest BCUT2D eigenvalue weighted by molar-refractivity contribution is 0.0943. The van der Waals surface area contributed by atoms with Crippen LogP contribution in [0.3, 0.4) is 0 Å². The van der Waals surface area contributed by atoms with E-state index in [4.69, 9.17) is 4.74 Å². The maximum Gasteiger partial charge on any atom is 0.142 e. The van der Waals surface area contributed by atoms with Crippen LogP contribution in [0.25, 0.3) is 0 Å². The second kappa shape index (κ2) is 6.29. The van der Waals surface area contributed by atoms with Gasteiger partial charge in [0.05, 0.1) is 19.4 Å². The molecule has 0 amide bonds. The summed E-state index contributed by atoms with van der Waals surface area (Å²) in [4.78, 5) is 0. The van der Waals surface area contributed by atoms with Crippen molar-refractivity contribution in [2.24, 2.45) is 5.41 Å². The Hall–Kier alpha value is -1.22. The van der Waals surface area contributed by atoms with Gasteiger partial charge in [0.2, 0.25) is 0 Å². The van der Waals surface area contributed by atoms with E-state index >= 15 is 0 Å². The fraction of sp³-hybridized carbons (Fsp3) is 0.625. The van der Waals surface area contributed by atoms with E-state index in [0.717, 1.165) is 30.8 Å². The number of ether oxygens (including phenoxy) is 1. The first-order valence-electron chi connectivity index (χ1n) is 7.18. The maximum atomic E-state index is 9.72. The average molecular weight is 263 g/mol. The zero-order chi connectivity index (χ0) is 13.7. The second-order valence-corrected chi connectivity index (χ2v) is 5.78. The van der Waals surface area contributed by atoms with Crippen LogP contribution in [0.5, 0.6) is 5.75 Å². The highest BCUT2D eigenvalue weighted by Crippen LogP contribution is 2.37. The van der Waals surface area contributed by atoms with Crippen LogP contribution >= 0.6 is 0 Å². The lowest BCUT2D eigenvalue weighted by Gasteiger charge is -2.36. The van der Waals surface area contributed by atoms with Crippen LogP contribution in [-0.2, 0) is 0 Å². The Morgan fingerprint density at radius 1 is 1.26 bits per heavy atom. The second-order valence-electron chi connectivity index (χ2n) is 5.78. The van der Waals surface area contributed by atoms with Gasteiger partial charge in [0, 0.05) is 12.0 Å². The molecule has 1 fully saturated rings. The van der Waals surface area contributed by atoms with Gasteiger partial charge in [0.15, 0.2) is 0 Å². The topological polar surface area (TPSA) is 41.5 Å². The summed E-state index contributed by atoms with van der Waals surface area (Å²) < 4.78 is 5.41. The SMILES string of the molecule is COc1cc(C)ccc1NCC1(CO)CCCCC1. The van der Waals surface area contributed by atoms with Crippen molar-refractivity contribution < 1.29 is 9.84 Å². The Morgan fingerprint density at radius 2 is 2.00 bits per heavy atom.